The van der Waals surface area contributed by atoms with Gasteiger partial charge in [0.05, 0.1) is 0 Å². The predicted octanol–water partition coefficient (Wildman–Crippen LogP) is 2.38. The van der Waals surface area contributed by atoms with Crippen LogP contribution in [0, 0.1) is 19.8 Å². The number of hydrogen-bond donors (Lipinski definition) is 1. The lowest BCUT2D eigenvalue weighted by molar-refractivity contribution is -0.117. The number of carbonyl (C=O) groups excluding carboxylic acids is 1. The molecule has 29 heavy (non-hydrogen) atoms. The molecule has 3 aromatic rings. The van der Waals surface area contributed by atoms with Gasteiger partial charge < -0.3 is 10.2 Å². The van der Waals surface area contributed by atoms with Gasteiger partial charge in [0.1, 0.15) is 6.54 Å². The number of piperidine rings is 1. The van der Waals surface area contributed by atoms with E-state index in [-0.39, 0.29) is 18.1 Å². The molecule has 8 nitrogen and oxygen atoms in total. The van der Waals surface area contributed by atoms with Crippen LogP contribution in [0.25, 0.3) is 5.65 Å². The molecule has 0 bridgehead atoms. The monoisotopic (exact) mass is 394 g/mol. The number of hydrogen-bond acceptors (Lipinski definition) is 5. The maximum atomic E-state index is 12.8. The third kappa shape index (κ3) is 4.01. The second-order valence-corrected chi connectivity index (χ2v) is 8.00. The largest absolute Gasteiger partial charge is 0.353 e. The Kier molecular flexibility index (Phi) is 5.08. The lowest BCUT2D eigenvalue weighted by Gasteiger charge is -2.31. The van der Waals surface area contributed by atoms with E-state index in [1.165, 1.54) is 15.5 Å². The van der Waals surface area contributed by atoms with Crippen LogP contribution in [0.1, 0.15) is 30.9 Å². The summed E-state index contributed by atoms with van der Waals surface area (Å²) in [5.41, 5.74) is 3.00. The third-order valence-electron chi connectivity index (χ3n) is 5.24. The van der Waals surface area contributed by atoms with Gasteiger partial charge in [-0.2, -0.15) is 0 Å². The van der Waals surface area contributed by atoms with Gasteiger partial charge in [0.25, 0.3) is 0 Å². The lowest BCUT2D eigenvalue weighted by Crippen LogP contribution is -2.35. The molecule has 1 aliphatic rings. The van der Waals surface area contributed by atoms with Crippen LogP contribution in [-0.2, 0) is 11.3 Å². The SMILES string of the molecule is Cc1cc(C)cc(NC(=O)Cn2nc3c(N4CCC[C@@H](C)C4)nccn3c2=O)c1. The van der Waals surface area contributed by atoms with E-state index in [0.717, 1.165) is 30.6 Å². The zero-order valence-electron chi connectivity index (χ0n) is 17.1. The molecule has 1 aromatic carbocycles. The van der Waals surface area contributed by atoms with Crippen LogP contribution in [0.3, 0.4) is 0 Å². The minimum atomic E-state index is -0.343. The Morgan fingerprint density at radius 3 is 2.72 bits per heavy atom. The average molecular weight is 394 g/mol. The Morgan fingerprint density at radius 1 is 1.24 bits per heavy atom. The molecule has 1 fully saturated rings. The highest BCUT2D eigenvalue weighted by molar-refractivity contribution is 5.90. The maximum absolute atomic E-state index is 12.8. The highest BCUT2D eigenvalue weighted by atomic mass is 16.2. The van der Waals surface area contributed by atoms with Crippen LogP contribution < -0.4 is 15.9 Å². The number of benzene rings is 1. The Hall–Kier alpha value is -3.16. The van der Waals surface area contributed by atoms with Crippen molar-refractivity contribution in [3.8, 4) is 0 Å². The van der Waals surface area contributed by atoms with E-state index in [4.69, 9.17) is 0 Å². The van der Waals surface area contributed by atoms with E-state index in [1.807, 2.05) is 32.0 Å². The van der Waals surface area contributed by atoms with Crippen molar-refractivity contribution < 1.29 is 4.79 Å². The number of fused-ring (bicyclic) bond motifs is 1. The molecule has 1 N–H and O–H groups in total. The van der Waals surface area contributed by atoms with Gasteiger partial charge in [0, 0.05) is 31.2 Å². The van der Waals surface area contributed by atoms with Gasteiger partial charge in [-0.05, 0) is 55.9 Å². The number of anilines is 2. The number of carbonyl (C=O) groups is 1. The molecule has 3 heterocycles. The van der Waals surface area contributed by atoms with Gasteiger partial charge in [-0.15, -0.1) is 5.10 Å². The van der Waals surface area contributed by atoms with Crippen molar-refractivity contribution >= 4 is 23.1 Å². The molecule has 8 heteroatoms. The van der Waals surface area contributed by atoms with Crippen LogP contribution in [0.2, 0.25) is 0 Å². The fourth-order valence-corrected chi connectivity index (χ4v) is 4.03. The predicted molar refractivity (Wildman–Crippen MR) is 112 cm³/mol. The Morgan fingerprint density at radius 2 is 2.00 bits per heavy atom. The summed E-state index contributed by atoms with van der Waals surface area (Å²) >= 11 is 0. The average Bonchev–Trinajstić information content (AvgIpc) is 2.96. The summed E-state index contributed by atoms with van der Waals surface area (Å²) in [6.07, 6.45) is 5.50. The molecule has 2 aromatic heterocycles. The van der Waals surface area contributed by atoms with E-state index in [2.05, 4.69) is 27.2 Å². The second-order valence-electron chi connectivity index (χ2n) is 8.00. The summed E-state index contributed by atoms with van der Waals surface area (Å²) in [5, 5.41) is 7.28. The van der Waals surface area contributed by atoms with Crippen LogP contribution >= 0.6 is 0 Å². The smallest absolute Gasteiger partial charge is 0.350 e. The molecule has 1 aliphatic heterocycles. The third-order valence-corrected chi connectivity index (χ3v) is 5.24. The summed E-state index contributed by atoms with van der Waals surface area (Å²) in [4.78, 5) is 31.9. The zero-order chi connectivity index (χ0) is 20.5. The molecule has 0 spiro atoms. The fourth-order valence-electron chi connectivity index (χ4n) is 4.03. The number of nitrogens with one attached hydrogen (secondary N) is 1. The van der Waals surface area contributed by atoms with Crippen LogP contribution in [-0.4, -0.2) is 38.2 Å². The number of amides is 1. The van der Waals surface area contributed by atoms with E-state index in [1.54, 1.807) is 12.4 Å². The van der Waals surface area contributed by atoms with Crippen molar-refractivity contribution in [2.75, 3.05) is 23.3 Å². The van der Waals surface area contributed by atoms with Crippen molar-refractivity contribution in [2.45, 2.75) is 40.2 Å². The summed E-state index contributed by atoms with van der Waals surface area (Å²) in [6, 6.07) is 5.84. The first-order valence-corrected chi connectivity index (χ1v) is 9.98. The fraction of sp³-hybridized carbons (Fsp3) is 0.429. The Bertz CT molecular complexity index is 1100. The first-order valence-electron chi connectivity index (χ1n) is 9.98. The summed E-state index contributed by atoms with van der Waals surface area (Å²) < 4.78 is 2.66. The first-order chi connectivity index (χ1) is 13.9. The van der Waals surface area contributed by atoms with Crippen molar-refractivity contribution in [1.82, 2.24) is 19.2 Å². The molecule has 4 rings (SSSR count). The number of nitrogens with zero attached hydrogens (tertiary/aromatic N) is 5. The van der Waals surface area contributed by atoms with E-state index in [0.29, 0.717) is 23.1 Å². The maximum Gasteiger partial charge on any atom is 0.350 e. The van der Waals surface area contributed by atoms with Gasteiger partial charge in [-0.25, -0.2) is 18.9 Å². The molecule has 0 saturated carbocycles. The topological polar surface area (TPSA) is 84.5 Å². The van der Waals surface area contributed by atoms with Crippen LogP contribution in [0.5, 0.6) is 0 Å². The van der Waals surface area contributed by atoms with E-state index >= 15 is 0 Å². The Labute approximate surface area is 169 Å². The van der Waals surface area contributed by atoms with Gasteiger partial charge >= 0.3 is 5.69 Å². The first kappa shape index (κ1) is 19.2. The molecular weight excluding hydrogens is 368 g/mol. The van der Waals surface area contributed by atoms with Crippen LogP contribution in [0.15, 0.2) is 35.4 Å². The zero-order valence-corrected chi connectivity index (χ0v) is 17.1. The molecule has 1 amide bonds. The molecule has 0 radical (unpaired) electrons. The molecular formula is C21H26N6O2. The minimum Gasteiger partial charge on any atom is -0.353 e. The summed E-state index contributed by atoms with van der Waals surface area (Å²) in [5.74, 6) is 0.981. The number of aromatic nitrogens is 4. The van der Waals surface area contributed by atoms with Gasteiger partial charge in [-0.3, -0.25) is 4.79 Å². The second kappa shape index (κ2) is 7.69. The van der Waals surface area contributed by atoms with E-state index in [9.17, 15) is 9.59 Å². The van der Waals surface area contributed by atoms with Crippen LogP contribution in [0.4, 0.5) is 11.5 Å². The Balaban J connectivity index is 1.59. The highest BCUT2D eigenvalue weighted by Crippen LogP contribution is 2.23. The quantitative estimate of drug-likeness (QED) is 0.734. The molecule has 1 saturated heterocycles. The van der Waals surface area contributed by atoms with Crippen molar-refractivity contribution in [1.29, 1.82) is 0 Å². The molecule has 152 valence electrons. The van der Waals surface area contributed by atoms with Gasteiger partial charge in [0.15, 0.2) is 5.82 Å². The minimum absolute atomic E-state index is 0.149. The van der Waals surface area contributed by atoms with Gasteiger partial charge in [0.2, 0.25) is 11.6 Å². The number of rotatable bonds is 4. The molecule has 1 atom stereocenters. The summed E-state index contributed by atoms with van der Waals surface area (Å²) in [6.45, 7) is 7.81. The molecule has 0 aliphatic carbocycles. The van der Waals surface area contributed by atoms with Crippen molar-refractivity contribution in [3.05, 3.63) is 52.2 Å². The van der Waals surface area contributed by atoms with E-state index < -0.39 is 0 Å². The summed E-state index contributed by atoms with van der Waals surface area (Å²) in [7, 11) is 0. The number of aryl methyl sites for hydroxylation is 2. The normalized spacial score (nSPS) is 16.9. The van der Waals surface area contributed by atoms with Crippen molar-refractivity contribution in [3.63, 3.8) is 0 Å². The highest BCUT2D eigenvalue weighted by Gasteiger charge is 2.22. The van der Waals surface area contributed by atoms with Gasteiger partial charge in [-0.1, -0.05) is 13.0 Å². The standard InChI is InChI=1S/C21H26N6O2/c1-14-5-4-7-25(12-14)19-20-24-27(21(29)26(20)8-6-22-19)13-18(28)23-17-10-15(2)9-16(3)11-17/h6,8-11,14H,4-5,7,12-13H2,1-3H3,(H,23,28)/t14-/m1/s1. The van der Waals surface area contributed by atoms with Crippen molar-refractivity contribution in [2.24, 2.45) is 5.92 Å². The molecule has 0 unspecified atom stereocenters. The lowest BCUT2D eigenvalue weighted by atomic mass is 10.0.